The zero-order valence-corrected chi connectivity index (χ0v) is 21.2. The molecule has 0 amide bonds. The Morgan fingerprint density at radius 1 is 1.15 bits per heavy atom. The number of aliphatic hydroxyl groups is 1. The maximum absolute atomic E-state index is 8.94. The molecule has 0 spiro atoms. The smallest absolute Gasteiger partial charge is 0.126 e. The molecule has 0 bridgehead atoms. The van der Waals surface area contributed by atoms with E-state index in [9.17, 15) is 0 Å². The van der Waals surface area contributed by atoms with E-state index in [1.165, 1.54) is 43.4 Å². The number of imidazole rings is 1. The van der Waals surface area contributed by atoms with Crippen molar-refractivity contribution < 1.29 is 5.11 Å². The van der Waals surface area contributed by atoms with Gasteiger partial charge < -0.3 is 19.3 Å². The lowest BCUT2D eigenvalue weighted by Crippen LogP contribution is -2.22. The SMILES string of the molecule is CN(Sc1ccc(NCCO)nc1)c1ccc2c(c1)nc(C(C)(C)C)n2CC1CCCCC1. The summed E-state index contributed by atoms with van der Waals surface area (Å²) in [6.45, 7) is 8.47. The second kappa shape index (κ2) is 10.3. The number of aromatic nitrogens is 3. The summed E-state index contributed by atoms with van der Waals surface area (Å²) in [6.07, 6.45) is 8.64. The minimum atomic E-state index is 0.00593. The summed E-state index contributed by atoms with van der Waals surface area (Å²) in [5.74, 6) is 2.72. The van der Waals surface area contributed by atoms with Crippen LogP contribution in [0.1, 0.15) is 58.7 Å². The van der Waals surface area contributed by atoms with Crippen LogP contribution in [0.3, 0.4) is 0 Å². The van der Waals surface area contributed by atoms with Crippen LogP contribution < -0.4 is 9.62 Å². The van der Waals surface area contributed by atoms with E-state index in [0.29, 0.717) is 6.54 Å². The first-order chi connectivity index (χ1) is 15.8. The zero-order chi connectivity index (χ0) is 23.4. The molecule has 178 valence electrons. The summed E-state index contributed by atoms with van der Waals surface area (Å²) in [6, 6.07) is 10.6. The molecule has 33 heavy (non-hydrogen) atoms. The Labute approximate surface area is 201 Å². The Morgan fingerprint density at radius 2 is 1.94 bits per heavy atom. The van der Waals surface area contributed by atoms with Crippen molar-refractivity contribution in [2.24, 2.45) is 5.92 Å². The quantitative estimate of drug-likeness (QED) is 0.405. The number of benzene rings is 1. The van der Waals surface area contributed by atoms with Crippen molar-refractivity contribution in [3.63, 3.8) is 0 Å². The normalized spacial score (nSPS) is 15.2. The van der Waals surface area contributed by atoms with Crippen LogP contribution in [-0.4, -0.2) is 39.8 Å². The molecule has 7 heteroatoms. The highest BCUT2D eigenvalue weighted by Gasteiger charge is 2.25. The molecule has 2 heterocycles. The molecular weight excluding hydrogens is 430 g/mol. The number of anilines is 2. The molecule has 1 fully saturated rings. The highest BCUT2D eigenvalue weighted by Crippen LogP contribution is 2.34. The lowest BCUT2D eigenvalue weighted by molar-refractivity contribution is 0.311. The highest BCUT2D eigenvalue weighted by atomic mass is 32.2. The Hall–Kier alpha value is -2.25. The van der Waals surface area contributed by atoms with Gasteiger partial charge in [0.15, 0.2) is 0 Å². The van der Waals surface area contributed by atoms with E-state index in [0.717, 1.165) is 34.4 Å². The van der Waals surface area contributed by atoms with E-state index in [1.54, 1.807) is 11.9 Å². The molecule has 0 atom stereocenters. The van der Waals surface area contributed by atoms with E-state index in [2.05, 4.69) is 65.2 Å². The predicted molar refractivity (Wildman–Crippen MR) is 139 cm³/mol. The van der Waals surface area contributed by atoms with Gasteiger partial charge in [0, 0.05) is 42.3 Å². The Bertz CT molecular complexity index is 1050. The standard InChI is InChI=1S/C26H37N5OS/c1-26(2,3)25-29-22-16-20(10-12-23(22)31(25)18-19-8-6-5-7-9-19)30(4)33-21-11-13-24(28-17-21)27-14-15-32/h10-13,16-17,19,32H,5-9,14-15,18H2,1-4H3,(H,27,28). The van der Waals surface area contributed by atoms with Crippen LogP contribution in [0, 0.1) is 5.92 Å². The summed E-state index contributed by atoms with van der Waals surface area (Å²) in [5.41, 5.74) is 3.44. The molecule has 1 aliphatic carbocycles. The molecule has 2 N–H and O–H groups in total. The van der Waals surface area contributed by atoms with Crippen LogP contribution in [0.25, 0.3) is 11.0 Å². The number of rotatable bonds is 8. The minimum Gasteiger partial charge on any atom is -0.395 e. The monoisotopic (exact) mass is 467 g/mol. The molecule has 0 aliphatic heterocycles. The number of hydrogen-bond donors (Lipinski definition) is 2. The fourth-order valence-corrected chi connectivity index (χ4v) is 5.40. The van der Waals surface area contributed by atoms with Crippen LogP contribution in [0.5, 0.6) is 0 Å². The van der Waals surface area contributed by atoms with Gasteiger partial charge >= 0.3 is 0 Å². The van der Waals surface area contributed by atoms with E-state index < -0.39 is 0 Å². The molecule has 3 aromatic rings. The summed E-state index contributed by atoms with van der Waals surface area (Å²) in [7, 11) is 2.08. The summed E-state index contributed by atoms with van der Waals surface area (Å²) >= 11 is 1.64. The molecule has 2 aromatic heterocycles. The lowest BCUT2D eigenvalue weighted by atomic mass is 9.88. The Balaban J connectivity index is 1.55. The number of pyridine rings is 1. The molecule has 6 nitrogen and oxygen atoms in total. The molecular formula is C26H37N5OS. The molecule has 0 radical (unpaired) electrons. The van der Waals surface area contributed by atoms with Crippen LogP contribution in [0.15, 0.2) is 41.4 Å². The van der Waals surface area contributed by atoms with E-state index in [4.69, 9.17) is 10.1 Å². The zero-order valence-electron chi connectivity index (χ0n) is 20.3. The third kappa shape index (κ3) is 5.82. The molecule has 0 unspecified atom stereocenters. The van der Waals surface area contributed by atoms with Gasteiger partial charge in [-0.25, -0.2) is 9.97 Å². The van der Waals surface area contributed by atoms with Crippen molar-refractivity contribution in [2.75, 3.05) is 29.8 Å². The van der Waals surface area contributed by atoms with Crippen LogP contribution in [0.4, 0.5) is 11.5 Å². The highest BCUT2D eigenvalue weighted by molar-refractivity contribution is 8.00. The Kier molecular flexibility index (Phi) is 7.49. The number of fused-ring (bicyclic) bond motifs is 1. The average molecular weight is 468 g/mol. The van der Waals surface area contributed by atoms with Crippen LogP contribution in [0.2, 0.25) is 0 Å². The lowest BCUT2D eigenvalue weighted by Gasteiger charge is -2.26. The first-order valence-electron chi connectivity index (χ1n) is 12.1. The van der Waals surface area contributed by atoms with Gasteiger partial charge in [0.1, 0.15) is 11.6 Å². The first-order valence-corrected chi connectivity index (χ1v) is 12.9. The second-order valence-electron chi connectivity index (χ2n) is 10.1. The summed E-state index contributed by atoms with van der Waals surface area (Å²) < 4.78 is 4.65. The van der Waals surface area contributed by atoms with Gasteiger partial charge in [-0.3, -0.25) is 0 Å². The minimum absolute atomic E-state index is 0.00593. The number of aliphatic hydroxyl groups excluding tert-OH is 1. The molecule has 1 saturated carbocycles. The van der Waals surface area contributed by atoms with Crippen LogP contribution in [-0.2, 0) is 12.0 Å². The second-order valence-corrected chi connectivity index (χ2v) is 11.3. The predicted octanol–water partition coefficient (Wildman–Crippen LogP) is 5.86. The third-order valence-corrected chi connectivity index (χ3v) is 7.27. The topological polar surface area (TPSA) is 66.2 Å². The van der Waals surface area contributed by atoms with Crippen molar-refractivity contribution >= 4 is 34.5 Å². The maximum atomic E-state index is 8.94. The van der Waals surface area contributed by atoms with Crippen molar-refractivity contribution in [3.05, 3.63) is 42.4 Å². The third-order valence-electron chi connectivity index (χ3n) is 6.33. The fourth-order valence-electron chi connectivity index (χ4n) is 4.63. The number of hydrogen-bond acceptors (Lipinski definition) is 6. The molecule has 0 saturated heterocycles. The first kappa shape index (κ1) is 23.9. The van der Waals surface area contributed by atoms with Gasteiger partial charge in [-0.05, 0) is 61.0 Å². The van der Waals surface area contributed by atoms with Gasteiger partial charge in [-0.1, -0.05) is 40.0 Å². The summed E-state index contributed by atoms with van der Waals surface area (Å²) in [5, 5.41) is 12.0. The van der Waals surface area contributed by atoms with Crippen molar-refractivity contribution in [1.29, 1.82) is 0 Å². The number of nitrogens with one attached hydrogen (secondary N) is 1. The van der Waals surface area contributed by atoms with Gasteiger partial charge in [0.2, 0.25) is 0 Å². The van der Waals surface area contributed by atoms with Crippen LogP contribution >= 0.6 is 11.9 Å². The van der Waals surface area contributed by atoms with Gasteiger partial charge in [-0.15, -0.1) is 0 Å². The van der Waals surface area contributed by atoms with Crippen molar-refractivity contribution in [3.8, 4) is 0 Å². The molecule has 1 aromatic carbocycles. The molecule has 4 rings (SSSR count). The van der Waals surface area contributed by atoms with Crippen molar-refractivity contribution in [2.45, 2.75) is 69.7 Å². The van der Waals surface area contributed by atoms with E-state index in [-0.39, 0.29) is 12.0 Å². The van der Waals surface area contributed by atoms with Crippen molar-refractivity contribution in [1.82, 2.24) is 14.5 Å². The van der Waals surface area contributed by atoms with E-state index in [1.807, 2.05) is 18.3 Å². The fraction of sp³-hybridized carbons (Fsp3) is 0.538. The molecule has 1 aliphatic rings. The number of nitrogens with zero attached hydrogens (tertiary/aromatic N) is 4. The largest absolute Gasteiger partial charge is 0.395 e. The van der Waals surface area contributed by atoms with Gasteiger partial charge in [-0.2, -0.15) is 0 Å². The van der Waals surface area contributed by atoms with Gasteiger partial charge in [0.05, 0.1) is 17.6 Å². The Morgan fingerprint density at radius 3 is 2.61 bits per heavy atom. The maximum Gasteiger partial charge on any atom is 0.126 e. The summed E-state index contributed by atoms with van der Waals surface area (Å²) in [4.78, 5) is 10.6. The van der Waals surface area contributed by atoms with Gasteiger partial charge in [0.25, 0.3) is 0 Å². The van der Waals surface area contributed by atoms with E-state index >= 15 is 0 Å². The average Bonchev–Trinajstić information content (AvgIpc) is 3.17.